The first kappa shape index (κ1) is 17.1. The molecule has 128 valence electrons. The minimum atomic E-state index is -0.357. The van der Waals surface area contributed by atoms with Crippen molar-refractivity contribution in [2.75, 3.05) is 6.54 Å². The number of carbonyl (C=O) groups excluding carboxylic acids is 2. The van der Waals surface area contributed by atoms with Gasteiger partial charge in [-0.25, -0.2) is 4.98 Å². The number of aryl methyl sites for hydroxylation is 1. The van der Waals surface area contributed by atoms with Crippen LogP contribution in [0.4, 0.5) is 0 Å². The number of hydrogen-bond donors (Lipinski definition) is 1. The van der Waals surface area contributed by atoms with E-state index in [0.717, 1.165) is 20.8 Å². The summed E-state index contributed by atoms with van der Waals surface area (Å²) >= 11 is 1.51. The molecule has 0 saturated heterocycles. The number of nitrogens with zero attached hydrogens (tertiary/aromatic N) is 1. The Morgan fingerprint density at radius 2 is 1.88 bits per heavy atom. The van der Waals surface area contributed by atoms with Crippen molar-refractivity contribution in [1.29, 1.82) is 0 Å². The summed E-state index contributed by atoms with van der Waals surface area (Å²) in [5, 5.41) is 3.50. The number of para-hydroxylation sites is 1. The zero-order valence-electron chi connectivity index (χ0n) is 13.8. The molecule has 0 bridgehead atoms. The smallest absolute Gasteiger partial charge is 0.307 e. The van der Waals surface area contributed by atoms with Crippen molar-refractivity contribution in [1.82, 2.24) is 10.3 Å². The number of fused-ring (bicyclic) bond motifs is 1. The molecule has 3 aromatic rings. The van der Waals surface area contributed by atoms with Crippen molar-refractivity contribution < 1.29 is 14.3 Å². The van der Waals surface area contributed by atoms with E-state index in [4.69, 9.17) is 4.74 Å². The molecule has 0 spiro atoms. The number of hydrogen-bond acceptors (Lipinski definition) is 5. The maximum absolute atomic E-state index is 12.1. The van der Waals surface area contributed by atoms with Gasteiger partial charge in [-0.15, -0.1) is 11.3 Å². The zero-order chi connectivity index (χ0) is 17.6. The highest BCUT2D eigenvalue weighted by Gasteiger charge is 2.10. The van der Waals surface area contributed by atoms with Gasteiger partial charge in [0.05, 0.1) is 16.6 Å². The molecule has 0 fully saturated rings. The number of esters is 1. The summed E-state index contributed by atoms with van der Waals surface area (Å²) in [5.74, 6) is -0.540. The van der Waals surface area contributed by atoms with Gasteiger partial charge in [0.1, 0.15) is 11.6 Å². The number of carbonyl (C=O) groups is 2. The molecule has 1 N–H and O–H groups in total. The van der Waals surface area contributed by atoms with Gasteiger partial charge in [-0.1, -0.05) is 30.3 Å². The first-order chi connectivity index (χ1) is 12.1. The van der Waals surface area contributed by atoms with Crippen LogP contribution in [0, 0.1) is 6.92 Å². The molecule has 1 aromatic heterocycles. The van der Waals surface area contributed by atoms with Gasteiger partial charge in [-0.3, -0.25) is 9.59 Å². The maximum Gasteiger partial charge on any atom is 0.307 e. The summed E-state index contributed by atoms with van der Waals surface area (Å²) in [6.07, 6.45) is 0.127. The predicted octanol–water partition coefficient (Wildman–Crippen LogP) is 3.47. The molecule has 6 heteroatoms. The second-order valence-corrected chi connectivity index (χ2v) is 6.67. The van der Waals surface area contributed by atoms with Crippen molar-refractivity contribution in [3.05, 3.63) is 64.7 Å². The molecule has 0 unspecified atom stereocenters. The SMILES string of the molecule is Cc1ccccc1C(=O)NCCC(=O)OCc1nc2ccccc2s1. The number of benzene rings is 2. The van der Waals surface area contributed by atoms with Crippen LogP contribution in [0.2, 0.25) is 0 Å². The molecule has 0 aliphatic rings. The molecule has 1 amide bonds. The Balaban J connectivity index is 1.44. The minimum Gasteiger partial charge on any atom is -0.458 e. The number of aromatic nitrogens is 1. The third-order valence-corrected chi connectivity index (χ3v) is 4.71. The standard InChI is InChI=1S/C19H18N2O3S/c1-13-6-2-3-7-14(13)19(23)20-11-10-18(22)24-12-17-21-15-8-4-5-9-16(15)25-17/h2-9H,10-12H2,1H3,(H,20,23). The Bertz CT molecular complexity index is 871. The normalized spacial score (nSPS) is 10.6. The average molecular weight is 354 g/mol. The molecule has 0 aliphatic heterocycles. The van der Waals surface area contributed by atoms with Gasteiger partial charge in [-0.2, -0.15) is 0 Å². The van der Waals surface area contributed by atoms with Crippen LogP contribution in [0.1, 0.15) is 27.3 Å². The fourth-order valence-electron chi connectivity index (χ4n) is 2.40. The summed E-state index contributed by atoms with van der Waals surface area (Å²) in [4.78, 5) is 28.3. The molecular weight excluding hydrogens is 336 g/mol. The third-order valence-electron chi connectivity index (χ3n) is 3.70. The van der Waals surface area contributed by atoms with Gasteiger partial charge >= 0.3 is 5.97 Å². The lowest BCUT2D eigenvalue weighted by Crippen LogP contribution is -2.27. The van der Waals surface area contributed by atoms with Crippen molar-refractivity contribution in [3.8, 4) is 0 Å². The van der Waals surface area contributed by atoms with Gasteiger partial charge in [0.15, 0.2) is 0 Å². The largest absolute Gasteiger partial charge is 0.458 e. The van der Waals surface area contributed by atoms with Crippen molar-refractivity contribution >= 4 is 33.4 Å². The molecule has 0 saturated carbocycles. The lowest BCUT2D eigenvalue weighted by molar-refractivity contribution is -0.144. The molecule has 1 heterocycles. The minimum absolute atomic E-state index is 0.127. The first-order valence-corrected chi connectivity index (χ1v) is 8.79. The van der Waals surface area contributed by atoms with Crippen molar-refractivity contribution in [2.45, 2.75) is 20.0 Å². The summed E-state index contributed by atoms with van der Waals surface area (Å²) in [6, 6.07) is 15.1. The highest BCUT2D eigenvalue weighted by molar-refractivity contribution is 7.18. The Morgan fingerprint density at radius 1 is 1.12 bits per heavy atom. The molecule has 25 heavy (non-hydrogen) atoms. The lowest BCUT2D eigenvalue weighted by atomic mass is 10.1. The van der Waals surface area contributed by atoms with Crippen LogP contribution in [-0.4, -0.2) is 23.4 Å². The van der Waals surface area contributed by atoms with Crippen LogP contribution in [0.25, 0.3) is 10.2 Å². The van der Waals surface area contributed by atoms with Gasteiger partial charge in [0.2, 0.25) is 0 Å². The van der Waals surface area contributed by atoms with E-state index in [1.54, 1.807) is 6.07 Å². The van der Waals surface area contributed by atoms with Crippen LogP contribution in [0.5, 0.6) is 0 Å². The van der Waals surface area contributed by atoms with Gasteiger partial charge in [0, 0.05) is 12.1 Å². The van der Waals surface area contributed by atoms with E-state index in [1.165, 1.54) is 11.3 Å². The number of rotatable bonds is 6. The monoisotopic (exact) mass is 354 g/mol. The highest BCUT2D eigenvalue weighted by Crippen LogP contribution is 2.22. The number of amides is 1. The first-order valence-electron chi connectivity index (χ1n) is 7.97. The Morgan fingerprint density at radius 3 is 2.68 bits per heavy atom. The van der Waals surface area contributed by atoms with Gasteiger partial charge in [0.25, 0.3) is 5.91 Å². The van der Waals surface area contributed by atoms with Crippen LogP contribution < -0.4 is 5.32 Å². The number of thiazole rings is 1. The maximum atomic E-state index is 12.1. The molecular formula is C19H18N2O3S. The van der Waals surface area contributed by atoms with Crippen LogP contribution in [0.3, 0.4) is 0 Å². The van der Waals surface area contributed by atoms with Crippen molar-refractivity contribution in [3.63, 3.8) is 0 Å². The van der Waals surface area contributed by atoms with E-state index in [2.05, 4.69) is 10.3 Å². The average Bonchev–Trinajstić information content (AvgIpc) is 3.03. The third kappa shape index (κ3) is 4.42. The molecule has 0 radical (unpaired) electrons. The molecule has 0 atom stereocenters. The summed E-state index contributed by atoms with van der Waals surface area (Å²) in [6.45, 7) is 2.27. The van der Waals surface area contributed by atoms with Crippen LogP contribution >= 0.6 is 11.3 Å². The number of ether oxygens (including phenoxy) is 1. The van der Waals surface area contributed by atoms with Gasteiger partial charge in [-0.05, 0) is 30.7 Å². The van der Waals surface area contributed by atoms with E-state index in [0.29, 0.717) is 5.56 Å². The summed E-state index contributed by atoms with van der Waals surface area (Å²) in [7, 11) is 0. The Hall–Kier alpha value is -2.73. The van der Waals surface area contributed by atoms with Crippen LogP contribution in [-0.2, 0) is 16.1 Å². The quantitative estimate of drug-likeness (QED) is 0.688. The van der Waals surface area contributed by atoms with Gasteiger partial charge < -0.3 is 10.1 Å². The predicted molar refractivity (Wildman–Crippen MR) is 97.5 cm³/mol. The van der Waals surface area contributed by atoms with E-state index < -0.39 is 0 Å². The fourth-order valence-corrected chi connectivity index (χ4v) is 3.28. The number of nitrogens with one attached hydrogen (secondary N) is 1. The molecule has 3 rings (SSSR count). The topological polar surface area (TPSA) is 68.3 Å². The molecule has 5 nitrogen and oxygen atoms in total. The zero-order valence-corrected chi connectivity index (χ0v) is 14.6. The van der Waals surface area contributed by atoms with E-state index in [9.17, 15) is 9.59 Å². The van der Waals surface area contributed by atoms with Crippen molar-refractivity contribution in [2.24, 2.45) is 0 Å². The molecule has 0 aliphatic carbocycles. The van der Waals surface area contributed by atoms with Crippen LogP contribution in [0.15, 0.2) is 48.5 Å². The Kier molecular flexibility index (Phi) is 5.40. The van der Waals surface area contributed by atoms with E-state index in [-0.39, 0.29) is 31.4 Å². The Labute approximate surface area is 149 Å². The van der Waals surface area contributed by atoms with E-state index >= 15 is 0 Å². The highest BCUT2D eigenvalue weighted by atomic mass is 32.1. The summed E-state index contributed by atoms with van der Waals surface area (Å²) in [5.41, 5.74) is 2.42. The van der Waals surface area contributed by atoms with E-state index in [1.807, 2.05) is 49.4 Å². The lowest BCUT2D eigenvalue weighted by Gasteiger charge is -2.07. The second-order valence-electron chi connectivity index (χ2n) is 5.56. The second kappa shape index (κ2) is 7.90. The molecule has 2 aromatic carbocycles. The fraction of sp³-hybridized carbons (Fsp3) is 0.211. The summed E-state index contributed by atoms with van der Waals surface area (Å²) < 4.78 is 6.30.